The Morgan fingerprint density at radius 1 is 0.846 bits per heavy atom. The van der Waals surface area contributed by atoms with Gasteiger partial charge in [-0.1, -0.05) is 18.2 Å². The Hall–Kier alpha value is -4.50. The number of nitrogens with zero attached hydrogens (tertiary/aromatic N) is 4. The molecule has 1 fully saturated rings. The zero-order valence-corrected chi connectivity index (χ0v) is 20.8. The van der Waals surface area contributed by atoms with E-state index in [0.717, 1.165) is 61.0 Å². The summed E-state index contributed by atoms with van der Waals surface area (Å²) >= 11 is 0. The Labute approximate surface area is 221 Å². The van der Waals surface area contributed by atoms with Crippen LogP contribution in [0.1, 0.15) is 12.0 Å². The smallest absolute Gasteiger partial charge is 0.261 e. The van der Waals surface area contributed by atoms with Crippen LogP contribution in [0.3, 0.4) is 0 Å². The van der Waals surface area contributed by atoms with Gasteiger partial charge in [0.2, 0.25) is 0 Å². The first kappa shape index (κ1) is 23.6. The Balaban J connectivity index is 1.25. The van der Waals surface area contributed by atoms with E-state index in [2.05, 4.69) is 31.2 Å². The lowest BCUT2D eigenvalue weighted by Gasteiger charge is -2.15. The molecule has 0 spiro atoms. The fraction of sp³-hybridized carbons (Fsp3) is 0.167. The van der Waals surface area contributed by atoms with Crippen LogP contribution in [0.2, 0.25) is 0 Å². The number of likely N-dealkylation sites (tertiary alicyclic amines) is 1. The molecule has 7 rings (SSSR count). The molecule has 39 heavy (non-hydrogen) atoms. The molecule has 6 aromatic rings. The fourth-order valence-electron chi connectivity index (χ4n) is 5.40. The van der Waals surface area contributed by atoms with Crippen LogP contribution in [0.15, 0.2) is 79.4 Å². The van der Waals surface area contributed by atoms with E-state index in [-0.39, 0.29) is 18.8 Å². The van der Waals surface area contributed by atoms with E-state index >= 15 is 0 Å². The van der Waals surface area contributed by atoms with E-state index in [4.69, 9.17) is 0 Å². The lowest BCUT2D eigenvalue weighted by molar-refractivity contribution is 0.0115. The molecule has 6 nitrogen and oxygen atoms in total. The number of alkyl halides is 2. The van der Waals surface area contributed by atoms with Gasteiger partial charge >= 0.3 is 0 Å². The number of hydrogen-bond acceptors (Lipinski definition) is 4. The average Bonchev–Trinajstić information content (AvgIpc) is 3.64. The molecule has 0 saturated carbocycles. The number of nitrogens with one attached hydrogen (secondary N) is 2. The third-order valence-electron chi connectivity index (χ3n) is 7.28. The Bertz CT molecular complexity index is 1840. The molecule has 1 aliphatic heterocycles. The van der Waals surface area contributed by atoms with E-state index in [0.29, 0.717) is 13.1 Å². The van der Waals surface area contributed by atoms with Gasteiger partial charge in [0.15, 0.2) is 0 Å². The monoisotopic (exact) mass is 524 g/mol. The maximum atomic E-state index is 13.9. The lowest BCUT2D eigenvalue weighted by Crippen LogP contribution is -2.24. The van der Waals surface area contributed by atoms with Crippen LogP contribution in [0, 0.1) is 5.82 Å². The molecular formula is C30H23F3N6. The van der Waals surface area contributed by atoms with Crippen LogP contribution in [0.25, 0.3) is 55.4 Å². The molecular weight excluding hydrogens is 501 g/mol. The quantitative estimate of drug-likeness (QED) is 0.260. The van der Waals surface area contributed by atoms with Gasteiger partial charge in [-0.05, 0) is 53.1 Å². The summed E-state index contributed by atoms with van der Waals surface area (Å²) in [5.41, 5.74) is 7.57. The second-order valence-electron chi connectivity index (χ2n) is 10.1. The van der Waals surface area contributed by atoms with Crippen LogP contribution in [-0.2, 0) is 6.54 Å². The molecule has 9 heteroatoms. The Morgan fingerprint density at radius 2 is 1.74 bits per heavy atom. The van der Waals surface area contributed by atoms with Gasteiger partial charge in [-0.2, -0.15) is 5.10 Å². The van der Waals surface area contributed by atoms with Crippen molar-refractivity contribution in [2.75, 3.05) is 13.1 Å². The van der Waals surface area contributed by atoms with Crippen molar-refractivity contribution in [3.63, 3.8) is 0 Å². The van der Waals surface area contributed by atoms with Crippen molar-refractivity contribution in [3.05, 3.63) is 90.8 Å². The van der Waals surface area contributed by atoms with Crippen molar-refractivity contribution in [1.82, 2.24) is 30.0 Å². The third-order valence-corrected chi connectivity index (χ3v) is 7.28. The van der Waals surface area contributed by atoms with Crippen LogP contribution >= 0.6 is 0 Å². The fourth-order valence-corrected chi connectivity index (χ4v) is 5.40. The van der Waals surface area contributed by atoms with Crippen molar-refractivity contribution < 1.29 is 13.2 Å². The van der Waals surface area contributed by atoms with Crippen molar-refractivity contribution in [2.45, 2.75) is 18.9 Å². The number of halogens is 3. The largest absolute Gasteiger partial charge is 0.352 e. The van der Waals surface area contributed by atoms with Crippen LogP contribution in [0.4, 0.5) is 13.2 Å². The zero-order chi connectivity index (χ0) is 26.6. The maximum absolute atomic E-state index is 13.9. The number of benzene rings is 2. The predicted molar refractivity (Wildman–Crippen MR) is 145 cm³/mol. The van der Waals surface area contributed by atoms with Crippen molar-refractivity contribution in [3.8, 4) is 33.6 Å². The lowest BCUT2D eigenvalue weighted by atomic mass is 10.0. The van der Waals surface area contributed by atoms with Gasteiger partial charge in [-0.3, -0.25) is 20.0 Å². The summed E-state index contributed by atoms with van der Waals surface area (Å²) in [6.45, 7) is 0.595. The first-order chi connectivity index (χ1) is 18.9. The normalized spacial score (nSPS) is 15.5. The zero-order valence-electron chi connectivity index (χ0n) is 20.8. The standard InChI is InChI=1S/C30H23F3N6/c31-22-3-1-2-20(9-22)25-14-35-15-28-23(25)11-27(36-28)29-24-10-19(4-5-26(24)37-38-29)21-8-18(12-34-13-21)16-39-7-6-30(32,33)17-39/h1-5,8-15,36H,6-7,16-17H2,(H,37,38). The topological polar surface area (TPSA) is 73.5 Å². The highest BCUT2D eigenvalue weighted by molar-refractivity contribution is 6.01. The minimum Gasteiger partial charge on any atom is -0.352 e. The minimum atomic E-state index is -2.62. The molecule has 0 aliphatic carbocycles. The van der Waals surface area contributed by atoms with E-state index in [1.54, 1.807) is 35.8 Å². The van der Waals surface area contributed by atoms with Gasteiger partial charge in [-0.15, -0.1) is 0 Å². The van der Waals surface area contributed by atoms with Gasteiger partial charge in [0, 0.05) is 60.0 Å². The second-order valence-corrected chi connectivity index (χ2v) is 10.1. The van der Waals surface area contributed by atoms with Gasteiger partial charge < -0.3 is 4.98 Å². The summed E-state index contributed by atoms with van der Waals surface area (Å²) in [6, 6.07) is 16.5. The molecule has 2 N–H and O–H groups in total. The summed E-state index contributed by atoms with van der Waals surface area (Å²) in [5.74, 6) is -2.92. The van der Waals surface area contributed by atoms with Crippen molar-refractivity contribution >= 4 is 21.8 Å². The van der Waals surface area contributed by atoms with Gasteiger partial charge in [0.25, 0.3) is 5.92 Å². The van der Waals surface area contributed by atoms with Crippen LogP contribution in [0.5, 0.6) is 0 Å². The van der Waals surface area contributed by atoms with Crippen molar-refractivity contribution in [1.29, 1.82) is 0 Å². The summed E-state index contributed by atoms with van der Waals surface area (Å²) in [7, 11) is 0. The van der Waals surface area contributed by atoms with Crippen LogP contribution < -0.4 is 0 Å². The number of hydrogen-bond donors (Lipinski definition) is 2. The molecule has 0 unspecified atom stereocenters. The highest BCUT2D eigenvalue weighted by atomic mass is 19.3. The molecule has 5 heterocycles. The first-order valence-corrected chi connectivity index (χ1v) is 12.7. The molecule has 1 saturated heterocycles. The molecule has 1 aliphatic rings. The second kappa shape index (κ2) is 9.06. The number of H-pyrrole nitrogens is 2. The predicted octanol–water partition coefficient (Wildman–Crippen LogP) is 6.82. The molecule has 0 bridgehead atoms. The Kier molecular flexibility index (Phi) is 5.48. The number of aromatic amines is 2. The summed E-state index contributed by atoms with van der Waals surface area (Å²) in [4.78, 5) is 13.9. The number of fused-ring (bicyclic) bond motifs is 2. The van der Waals surface area contributed by atoms with Crippen molar-refractivity contribution in [2.24, 2.45) is 0 Å². The van der Waals surface area contributed by atoms with Gasteiger partial charge in [0.05, 0.1) is 29.5 Å². The average molecular weight is 525 g/mol. The summed E-state index contributed by atoms with van der Waals surface area (Å²) < 4.78 is 41.2. The number of pyridine rings is 2. The van der Waals surface area contributed by atoms with E-state index < -0.39 is 5.92 Å². The first-order valence-electron chi connectivity index (χ1n) is 12.7. The molecule has 4 aromatic heterocycles. The molecule has 0 atom stereocenters. The summed E-state index contributed by atoms with van der Waals surface area (Å²) in [5, 5.41) is 9.52. The van der Waals surface area contributed by atoms with E-state index in [1.807, 2.05) is 30.3 Å². The molecule has 194 valence electrons. The van der Waals surface area contributed by atoms with Crippen LogP contribution in [-0.4, -0.2) is 49.1 Å². The molecule has 0 amide bonds. The maximum Gasteiger partial charge on any atom is 0.261 e. The minimum absolute atomic E-state index is 0.104. The van der Waals surface area contributed by atoms with Gasteiger partial charge in [0.1, 0.15) is 11.5 Å². The van der Waals surface area contributed by atoms with E-state index in [9.17, 15) is 13.2 Å². The highest BCUT2D eigenvalue weighted by Gasteiger charge is 2.37. The number of rotatable bonds is 5. The number of aromatic nitrogens is 5. The third kappa shape index (κ3) is 4.44. The molecule has 0 radical (unpaired) electrons. The summed E-state index contributed by atoms with van der Waals surface area (Å²) in [6.07, 6.45) is 6.89. The SMILES string of the molecule is Fc1cccc(-c2cncc3[nH]c(-c4n[nH]c5ccc(-c6cncc(CN7CCC(F)(F)C7)c6)cc45)cc23)c1. The van der Waals surface area contributed by atoms with Gasteiger partial charge in [-0.25, -0.2) is 13.2 Å². The van der Waals surface area contributed by atoms with E-state index in [1.165, 1.54) is 12.1 Å². The highest BCUT2D eigenvalue weighted by Crippen LogP contribution is 2.35. The Morgan fingerprint density at radius 3 is 2.59 bits per heavy atom. The molecule has 2 aromatic carbocycles.